The zero-order valence-electron chi connectivity index (χ0n) is 18.1. The predicted octanol–water partition coefficient (Wildman–Crippen LogP) is 5.10. The summed E-state index contributed by atoms with van der Waals surface area (Å²) in [5.74, 6) is 1.63. The molecule has 0 amide bonds. The van der Waals surface area contributed by atoms with Crippen molar-refractivity contribution in [3.8, 4) is 5.75 Å². The molecule has 0 aliphatic rings. The van der Waals surface area contributed by atoms with E-state index >= 15 is 0 Å². The summed E-state index contributed by atoms with van der Waals surface area (Å²) in [6, 6.07) is 17.0. The summed E-state index contributed by atoms with van der Waals surface area (Å²) in [6.07, 6.45) is 0. The van der Waals surface area contributed by atoms with Gasteiger partial charge in [-0.05, 0) is 75.0 Å². The number of hydrogen-bond donors (Lipinski definition) is 3. The van der Waals surface area contributed by atoms with E-state index < -0.39 is 0 Å². The number of guanidine groups is 1. The predicted molar refractivity (Wildman–Crippen MR) is 135 cm³/mol. The minimum absolute atomic E-state index is 0.353. The molecule has 32 heavy (non-hydrogen) atoms. The number of thiocarbonyl (C=S) groups is 1. The van der Waals surface area contributed by atoms with E-state index in [2.05, 4.69) is 30.9 Å². The second-order valence-corrected chi connectivity index (χ2v) is 7.71. The summed E-state index contributed by atoms with van der Waals surface area (Å²) >= 11 is 11.8. The van der Waals surface area contributed by atoms with Gasteiger partial charge in [-0.25, -0.2) is 15.0 Å². The van der Waals surface area contributed by atoms with Crippen molar-refractivity contribution in [3.05, 3.63) is 76.6 Å². The highest BCUT2D eigenvalue weighted by atomic mass is 35.5. The van der Waals surface area contributed by atoms with Crippen LogP contribution in [0.5, 0.6) is 5.75 Å². The number of anilines is 2. The Bertz CT molecular complexity index is 1080. The quantitative estimate of drug-likeness (QED) is 0.263. The lowest BCUT2D eigenvalue weighted by molar-refractivity contribution is 0.340. The van der Waals surface area contributed by atoms with E-state index in [4.69, 9.17) is 28.6 Å². The molecular formula is C23H25ClN6OS. The fraction of sp³-hybridized carbons (Fsp3) is 0.217. The first kappa shape index (κ1) is 23.4. The van der Waals surface area contributed by atoms with E-state index in [-0.39, 0.29) is 0 Å². The standard InChI is InChI=1S/C23H25ClN6OS/c1-4-31-19-11-9-18(10-12-19)28-23(32)30-21(25-14-17-7-5-6-8-20(17)24)29-22-26-15(2)13-16(3)27-22/h5-13H,4,14H2,1-3H3,(H3,25,26,27,28,29,30,32). The maximum atomic E-state index is 6.27. The van der Waals surface area contributed by atoms with Crippen LogP contribution in [0.2, 0.25) is 5.02 Å². The molecule has 3 rings (SSSR count). The Labute approximate surface area is 198 Å². The molecule has 1 aromatic heterocycles. The van der Waals surface area contributed by atoms with Crippen LogP contribution in [0, 0.1) is 13.8 Å². The number of aryl methyl sites for hydroxylation is 2. The van der Waals surface area contributed by atoms with E-state index in [9.17, 15) is 0 Å². The van der Waals surface area contributed by atoms with E-state index in [1.54, 1.807) is 0 Å². The van der Waals surface area contributed by atoms with Gasteiger partial charge in [0.25, 0.3) is 0 Å². The van der Waals surface area contributed by atoms with Crippen LogP contribution in [0.1, 0.15) is 23.9 Å². The highest BCUT2D eigenvalue weighted by Gasteiger charge is 2.08. The first-order valence-corrected chi connectivity index (χ1v) is 10.9. The zero-order valence-corrected chi connectivity index (χ0v) is 19.7. The Hall–Kier alpha value is -3.23. The molecule has 7 nitrogen and oxygen atoms in total. The highest BCUT2D eigenvalue weighted by Crippen LogP contribution is 2.17. The van der Waals surface area contributed by atoms with Gasteiger partial charge in [-0.2, -0.15) is 0 Å². The molecule has 0 aliphatic heterocycles. The van der Waals surface area contributed by atoms with Crippen molar-refractivity contribution < 1.29 is 4.74 Å². The summed E-state index contributed by atoms with van der Waals surface area (Å²) in [7, 11) is 0. The van der Waals surface area contributed by atoms with Crippen molar-refractivity contribution in [1.29, 1.82) is 0 Å². The molecule has 3 N–H and O–H groups in total. The van der Waals surface area contributed by atoms with Gasteiger partial charge in [-0.1, -0.05) is 29.8 Å². The smallest absolute Gasteiger partial charge is 0.229 e. The van der Waals surface area contributed by atoms with Crippen LogP contribution >= 0.6 is 23.8 Å². The number of rotatable bonds is 6. The summed E-state index contributed by atoms with van der Waals surface area (Å²) in [5.41, 5.74) is 3.40. The van der Waals surface area contributed by atoms with Crippen LogP contribution in [0.3, 0.4) is 0 Å². The topological polar surface area (TPSA) is 83.5 Å². The maximum absolute atomic E-state index is 6.27. The van der Waals surface area contributed by atoms with Crippen LogP contribution in [-0.4, -0.2) is 27.6 Å². The van der Waals surface area contributed by atoms with Gasteiger partial charge in [0.1, 0.15) is 5.75 Å². The van der Waals surface area contributed by atoms with Crippen molar-refractivity contribution in [3.63, 3.8) is 0 Å². The number of ether oxygens (including phenoxy) is 1. The second kappa shape index (κ2) is 11.4. The lowest BCUT2D eigenvalue weighted by atomic mass is 10.2. The Kier molecular flexibility index (Phi) is 8.35. The van der Waals surface area contributed by atoms with Gasteiger partial charge in [0, 0.05) is 22.1 Å². The molecular weight excluding hydrogens is 444 g/mol. The molecule has 0 saturated heterocycles. The summed E-state index contributed by atoms with van der Waals surface area (Å²) < 4.78 is 5.47. The molecule has 0 unspecified atom stereocenters. The number of nitrogens with zero attached hydrogens (tertiary/aromatic N) is 3. The lowest BCUT2D eigenvalue weighted by Gasteiger charge is -2.15. The van der Waals surface area contributed by atoms with Gasteiger partial charge >= 0.3 is 0 Å². The van der Waals surface area contributed by atoms with E-state index in [1.165, 1.54) is 0 Å². The van der Waals surface area contributed by atoms with Crippen molar-refractivity contribution >= 4 is 46.5 Å². The second-order valence-electron chi connectivity index (χ2n) is 6.89. The number of nitrogens with one attached hydrogen (secondary N) is 3. The third kappa shape index (κ3) is 7.18. The average molecular weight is 469 g/mol. The van der Waals surface area contributed by atoms with E-state index in [1.807, 2.05) is 75.4 Å². The molecule has 3 aromatic rings. The summed E-state index contributed by atoms with van der Waals surface area (Å²) in [5, 5.41) is 10.4. The van der Waals surface area contributed by atoms with Gasteiger partial charge in [0.2, 0.25) is 11.9 Å². The van der Waals surface area contributed by atoms with Gasteiger partial charge in [-0.15, -0.1) is 0 Å². The molecule has 0 atom stereocenters. The minimum Gasteiger partial charge on any atom is -0.494 e. The largest absolute Gasteiger partial charge is 0.494 e. The Morgan fingerprint density at radius 1 is 1.03 bits per heavy atom. The fourth-order valence-electron chi connectivity index (χ4n) is 2.86. The molecule has 2 aromatic carbocycles. The highest BCUT2D eigenvalue weighted by molar-refractivity contribution is 7.80. The van der Waals surface area contributed by atoms with E-state index in [0.29, 0.717) is 35.2 Å². The van der Waals surface area contributed by atoms with Crippen LogP contribution in [0.25, 0.3) is 0 Å². The van der Waals surface area contributed by atoms with Crippen molar-refractivity contribution in [2.45, 2.75) is 27.3 Å². The van der Waals surface area contributed by atoms with Crippen molar-refractivity contribution in [1.82, 2.24) is 15.3 Å². The number of aromatic nitrogens is 2. The molecule has 0 bridgehead atoms. The third-order valence-electron chi connectivity index (χ3n) is 4.23. The van der Waals surface area contributed by atoms with Crippen molar-refractivity contribution in [2.75, 3.05) is 17.2 Å². The lowest BCUT2D eigenvalue weighted by Crippen LogP contribution is -2.39. The third-order valence-corrected chi connectivity index (χ3v) is 4.81. The number of aliphatic imine (C=N–C) groups is 1. The van der Waals surface area contributed by atoms with Crippen LogP contribution in [-0.2, 0) is 6.54 Å². The molecule has 0 aliphatic carbocycles. The maximum Gasteiger partial charge on any atom is 0.229 e. The van der Waals surface area contributed by atoms with Crippen LogP contribution in [0.4, 0.5) is 11.6 Å². The molecule has 0 fully saturated rings. The van der Waals surface area contributed by atoms with Gasteiger partial charge in [0.05, 0.1) is 13.2 Å². The normalized spacial score (nSPS) is 11.1. The number of hydrogen-bond acceptors (Lipinski definition) is 5. The van der Waals surface area contributed by atoms with Crippen LogP contribution in [0.15, 0.2) is 59.6 Å². The summed E-state index contributed by atoms with van der Waals surface area (Å²) in [4.78, 5) is 13.4. The first-order valence-electron chi connectivity index (χ1n) is 10.1. The Morgan fingerprint density at radius 2 is 1.72 bits per heavy atom. The minimum atomic E-state index is 0.353. The first-order chi connectivity index (χ1) is 15.4. The molecule has 0 spiro atoms. The fourth-order valence-corrected chi connectivity index (χ4v) is 3.27. The van der Waals surface area contributed by atoms with Crippen LogP contribution < -0.4 is 20.7 Å². The molecule has 1 heterocycles. The number of benzene rings is 2. The van der Waals surface area contributed by atoms with Gasteiger partial charge in [0.15, 0.2) is 5.11 Å². The average Bonchev–Trinajstić information content (AvgIpc) is 2.74. The monoisotopic (exact) mass is 468 g/mol. The zero-order chi connectivity index (χ0) is 22.9. The molecule has 0 saturated carbocycles. The molecule has 166 valence electrons. The van der Waals surface area contributed by atoms with Crippen molar-refractivity contribution in [2.24, 2.45) is 4.99 Å². The molecule has 9 heteroatoms. The van der Waals surface area contributed by atoms with Gasteiger partial charge < -0.3 is 15.4 Å². The Balaban J connectivity index is 1.75. The number of halogens is 1. The SMILES string of the molecule is CCOc1ccc(NC(=S)NC(=NCc2ccccc2Cl)Nc2nc(C)cc(C)n2)cc1. The Morgan fingerprint density at radius 3 is 2.38 bits per heavy atom. The van der Waals surface area contributed by atoms with E-state index in [0.717, 1.165) is 28.4 Å². The molecule has 0 radical (unpaired) electrons. The summed E-state index contributed by atoms with van der Waals surface area (Å²) in [6.45, 7) is 6.73. The van der Waals surface area contributed by atoms with Gasteiger partial charge in [-0.3, -0.25) is 5.32 Å².